The van der Waals surface area contributed by atoms with E-state index in [2.05, 4.69) is 5.32 Å². The normalized spacial score (nSPS) is 19.2. The lowest BCUT2D eigenvalue weighted by molar-refractivity contribution is -0.138. The number of aliphatic carboxylic acids is 1. The summed E-state index contributed by atoms with van der Waals surface area (Å²) in [6.07, 6.45) is 5.80. The van der Waals surface area contributed by atoms with E-state index in [9.17, 15) is 9.59 Å². The smallest absolute Gasteiger partial charge is 0.317 e. The van der Waals surface area contributed by atoms with Gasteiger partial charge in [-0.1, -0.05) is 0 Å². The van der Waals surface area contributed by atoms with Crippen LogP contribution >= 0.6 is 0 Å². The summed E-state index contributed by atoms with van der Waals surface area (Å²) in [7, 11) is 0. The van der Waals surface area contributed by atoms with E-state index < -0.39 is 5.97 Å². The minimum absolute atomic E-state index is 0.0130. The van der Waals surface area contributed by atoms with Crippen LogP contribution in [0, 0.1) is 0 Å². The largest absolute Gasteiger partial charge is 0.481 e. The standard InChI is InChI=1S/C13H18N2O4/c16-12(17)7-11-3-1-2-5-15(11)13(18)14-8-10-4-6-19-9-10/h4,6,9,11H,1-3,5,7-8H2,(H,14,18)(H,16,17). The Hall–Kier alpha value is -1.98. The molecule has 2 N–H and O–H groups in total. The second-order valence-electron chi connectivity index (χ2n) is 4.73. The number of furan rings is 1. The van der Waals surface area contributed by atoms with E-state index in [1.807, 2.05) is 0 Å². The molecule has 0 bridgehead atoms. The number of hydrogen-bond donors (Lipinski definition) is 2. The molecule has 0 spiro atoms. The maximum Gasteiger partial charge on any atom is 0.317 e. The van der Waals surface area contributed by atoms with Crippen molar-refractivity contribution in [3.63, 3.8) is 0 Å². The number of likely N-dealkylation sites (tertiary alicyclic amines) is 1. The molecule has 104 valence electrons. The average molecular weight is 266 g/mol. The molecule has 0 saturated carbocycles. The fraction of sp³-hybridized carbons (Fsp3) is 0.538. The molecule has 0 aliphatic carbocycles. The number of carboxylic acids is 1. The third kappa shape index (κ3) is 3.74. The van der Waals surface area contributed by atoms with Crippen LogP contribution in [0.5, 0.6) is 0 Å². The maximum absolute atomic E-state index is 12.1. The van der Waals surface area contributed by atoms with Crippen molar-refractivity contribution < 1.29 is 19.1 Å². The van der Waals surface area contributed by atoms with Gasteiger partial charge < -0.3 is 19.7 Å². The van der Waals surface area contributed by atoms with Crippen LogP contribution in [0.1, 0.15) is 31.2 Å². The van der Waals surface area contributed by atoms with Crippen molar-refractivity contribution in [1.82, 2.24) is 10.2 Å². The Bertz CT molecular complexity index is 430. The number of carbonyl (C=O) groups excluding carboxylic acids is 1. The van der Waals surface area contributed by atoms with Gasteiger partial charge in [0.2, 0.25) is 0 Å². The average Bonchev–Trinajstić information content (AvgIpc) is 2.89. The highest BCUT2D eigenvalue weighted by Gasteiger charge is 2.28. The lowest BCUT2D eigenvalue weighted by Crippen LogP contribution is -2.49. The summed E-state index contributed by atoms with van der Waals surface area (Å²) in [6, 6.07) is 1.38. The van der Waals surface area contributed by atoms with Gasteiger partial charge in [0.25, 0.3) is 0 Å². The third-order valence-electron chi connectivity index (χ3n) is 3.32. The highest BCUT2D eigenvalue weighted by Crippen LogP contribution is 2.19. The summed E-state index contributed by atoms with van der Waals surface area (Å²) < 4.78 is 4.92. The first-order chi connectivity index (χ1) is 9.16. The molecule has 2 heterocycles. The first kappa shape index (κ1) is 13.5. The quantitative estimate of drug-likeness (QED) is 0.870. The molecule has 6 nitrogen and oxygen atoms in total. The molecule has 2 amide bonds. The number of carboxylic acid groups (broad SMARTS) is 1. The van der Waals surface area contributed by atoms with E-state index in [0.29, 0.717) is 13.1 Å². The molecule has 1 aromatic rings. The van der Waals surface area contributed by atoms with Crippen LogP contribution < -0.4 is 5.32 Å². The van der Waals surface area contributed by atoms with Crippen LogP contribution in [0.2, 0.25) is 0 Å². The van der Waals surface area contributed by atoms with Gasteiger partial charge in [-0.25, -0.2) is 4.79 Å². The van der Waals surface area contributed by atoms with Gasteiger partial charge >= 0.3 is 12.0 Å². The lowest BCUT2D eigenvalue weighted by atomic mass is 10.00. The van der Waals surface area contributed by atoms with Crippen molar-refractivity contribution in [3.05, 3.63) is 24.2 Å². The van der Waals surface area contributed by atoms with E-state index in [0.717, 1.165) is 24.8 Å². The number of nitrogens with zero attached hydrogens (tertiary/aromatic N) is 1. The zero-order chi connectivity index (χ0) is 13.7. The van der Waals surface area contributed by atoms with Crippen LogP contribution in [0.3, 0.4) is 0 Å². The number of rotatable bonds is 4. The SMILES string of the molecule is O=C(O)CC1CCCCN1C(=O)NCc1ccoc1. The number of carbonyl (C=O) groups is 2. The predicted octanol–water partition coefficient (Wildman–Crippen LogP) is 1.82. The maximum atomic E-state index is 12.1. The van der Waals surface area contributed by atoms with Crippen LogP contribution in [0.15, 0.2) is 23.0 Å². The van der Waals surface area contributed by atoms with E-state index in [4.69, 9.17) is 9.52 Å². The molecule has 1 saturated heterocycles. The third-order valence-corrected chi connectivity index (χ3v) is 3.32. The topological polar surface area (TPSA) is 82.8 Å². The van der Waals surface area contributed by atoms with Gasteiger partial charge in [-0.05, 0) is 25.3 Å². The van der Waals surface area contributed by atoms with Gasteiger partial charge in [-0.2, -0.15) is 0 Å². The molecule has 1 fully saturated rings. The Morgan fingerprint density at radius 3 is 3.00 bits per heavy atom. The van der Waals surface area contributed by atoms with Gasteiger partial charge in [0.05, 0.1) is 18.9 Å². The second kappa shape index (κ2) is 6.26. The number of nitrogens with one attached hydrogen (secondary N) is 1. The van der Waals surface area contributed by atoms with Crippen molar-refractivity contribution in [3.8, 4) is 0 Å². The van der Waals surface area contributed by atoms with Crippen LogP contribution in [-0.2, 0) is 11.3 Å². The molecule has 1 aliphatic rings. The van der Waals surface area contributed by atoms with Gasteiger partial charge in [-0.15, -0.1) is 0 Å². The first-order valence-corrected chi connectivity index (χ1v) is 6.44. The Morgan fingerprint density at radius 2 is 2.32 bits per heavy atom. The van der Waals surface area contributed by atoms with Gasteiger partial charge in [0.15, 0.2) is 0 Å². The van der Waals surface area contributed by atoms with Gasteiger partial charge in [0.1, 0.15) is 0 Å². The predicted molar refractivity (Wildman–Crippen MR) is 67.5 cm³/mol. The van der Waals surface area contributed by atoms with E-state index in [1.165, 1.54) is 0 Å². The Labute approximate surface area is 111 Å². The number of amides is 2. The fourth-order valence-corrected chi connectivity index (χ4v) is 2.35. The fourth-order valence-electron chi connectivity index (χ4n) is 2.35. The van der Waals surface area contributed by atoms with Crippen molar-refractivity contribution >= 4 is 12.0 Å². The molecule has 1 aromatic heterocycles. The molecule has 19 heavy (non-hydrogen) atoms. The van der Waals surface area contributed by atoms with Crippen LogP contribution in [-0.4, -0.2) is 34.6 Å². The van der Waals surface area contributed by atoms with Crippen molar-refractivity contribution in [1.29, 1.82) is 0 Å². The van der Waals surface area contributed by atoms with Gasteiger partial charge in [0, 0.05) is 24.7 Å². The minimum Gasteiger partial charge on any atom is -0.481 e. The van der Waals surface area contributed by atoms with E-state index in [1.54, 1.807) is 23.5 Å². The highest BCUT2D eigenvalue weighted by atomic mass is 16.4. The van der Waals surface area contributed by atoms with Crippen LogP contribution in [0.25, 0.3) is 0 Å². The Morgan fingerprint density at radius 1 is 1.47 bits per heavy atom. The molecule has 1 aliphatic heterocycles. The zero-order valence-electron chi connectivity index (χ0n) is 10.7. The summed E-state index contributed by atoms with van der Waals surface area (Å²) >= 11 is 0. The molecule has 1 atom stereocenters. The first-order valence-electron chi connectivity index (χ1n) is 6.44. The molecule has 0 radical (unpaired) electrons. The number of hydrogen-bond acceptors (Lipinski definition) is 3. The highest BCUT2D eigenvalue weighted by molar-refractivity contribution is 5.76. The van der Waals surface area contributed by atoms with Crippen LogP contribution in [0.4, 0.5) is 4.79 Å². The zero-order valence-corrected chi connectivity index (χ0v) is 10.7. The Kier molecular flexibility index (Phi) is 4.43. The Balaban J connectivity index is 1.89. The number of urea groups is 1. The van der Waals surface area contributed by atoms with Crippen molar-refractivity contribution in [2.45, 2.75) is 38.3 Å². The summed E-state index contributed by atoms with van der Waals surface area (Å²) in [5, 5.41) is 11.7. The molecule has 0 aromatic carbocycles. The van der Waals surface area contributed by atoms with Crippen molar-refractivity contribution in [2.24, 2.45) is 0 Å². The van der Waals surface area contributed by atoms with E-state index >= 15 is 0 Å². The molecule has 2 rings (SSSR count). The minimum atomic E-state index is -0.862. The van der Waals surface area contributed by atoms with Crippen molar-refractivity contribution in [2.75, 3.05) is 6.54 Å². The second-order valence-corrected chi connectivity index (χ2v) is 4.73. The summed E-state index contributed by atoms with van der Waals surface area (Å²) in [5.41, 5.74) is 0.889. The summed E-state index contributed by atoms with van der Waals surface area (Å²) in [5.74, 6) is -0.862. The monoisotopic (exact) mass is 266 g/mol. The van der Waals surface area contributed by atoms with Gasteiger partial charge in [-0.3, -0.25) is 4.79 Å². The molecule has 6 heteroatoms. The van der Waals surface area contributed by atoms with E-state index in [-0.39, 0.29) is 18.5 Å². The lowest BCUT2D eigenvalue weighted by Gasteiger charge is -2.34. The summed E-state index contributed by atoms with van der Waals surface area (Å²) in [6.45, 7) is 1.01. The molecular weight excluding hydrogens is 248 g/mol. The summed E-state index contributed by atoms with van der Waals surface area (Å²) in [4.78, 5) is 24.5. The molecular formula is C13H18N2O4. The number of piperidine rings is 1. The molecule has 1 unspecified atom stereocenters.